The molecule has 0 saturated carbocycles. The second-order valence-electron chi connectivity index (χ2n) is 22.7. The van der Waals surface area contributed by atoms with E-state index in [-0.39, 0.29) is 56.7 Å². The Hall–Kier alpha value is -9.28. The van der Waals surface area contributed by atoms with Crippen molar-refractivity contribution < 1.29 is 66.7 Å². The number of amides is 6. The molecular formula is C61H65N9O14. The first-order valence-electron chi connectivity index (χ1n) is 28.1. The maximum Gasteiger partial charge on any atom is 0.410 e. The number of benzene rings is 4. The summed E-state index contributed by atoms with van der Waals surface area (Å²) in [5, 5.41) is 5.39. The lowest BCUT2D eigenvalue weighted by molar-refractivity contribution is -0.136. The van der Waals surface area contributed by atoms with E-state index in [0.717, 1.165) is 55.8 Å². The molecule has 0 bridgehead atoms. The Morgan fingerprint density at radius 2 is 1.00 bits per heavy atom. The number of nitrogens with one attached hydrogen (secondary N) is 3. The van der Waals surface area contributed by atoms with Crippen LogP contribution in [0.15, 0.2) is 90.2 Å². The molecule has 23 heteroatoms. The smallest absolute Gasteiger partial charge is 0.410 e. The van der Waals surface area contributed by atoms with Crippen molar-refractivity contribution in [3.63, 3.8) is 0 Å². The van der Waals surface area contributed by atoms with Crippen LogP contribution in [0.1, 0.15) is 86.6 Å². The lowest BCUT2D eigenvalue weighted by Gasteiger charge is -2.30. The molecule has 0 radical (unpaired) electrons. The number of likely N-dealkylation sites (tertiary alicyclic amines) is 2. The van der Waals surface area contributed by atoms with Crippen LogP contribution in [0.25, 0.3) is 28.0 Å². The van der Waals surface area contributed by atoms with Crippen LogP contribution in [0, 0.1) is 11.8 Å². The van der Waals surface area contributed by atoms with Crippen LogP contribution in [-0.4, -0.2) is 143 Å². The zero-order valence-electron chi connectivity index (χ0n) is 47.4. The second-order valence-corrected chi connectivity index (χ2v) is 22.7. The molecule has 8 heterocycles. The number of imidazole rings is 1. The highest BCUT2D eigenvalue weighted by molar-refractivity contribution is 6.04. The van der Waals surface area contributed by atoms with Gasteiger partial charge in [0.1, 0.15) is 30.1 Å². The van der Waals surface area contributed by atoms with Gasteiger partial charge in [-0.15, -0.1) is 0 Å². The number of aromatic nitrogens is 2. The van der Waals surface area contributed by atoms with E-state index in [1.54, 1.807) is 25.8 Å². The summed E-state index contributed by atoms with van der Waals surface area (Å²) in [6.45, 7) is 9.23. The molecule has 84 heavy (non-hydrogen) atoms. The minimum Gasteiger partial charge on any atom is -0.454 e. The summed E-state index contributed by atoms with van der Waals surface area (Å²) >= 11 is 0. The fraction of sp³-hybridized carbons (Fsp3) is 0.410. The van der Waals surface area contributed by atoms with E-state index in [1.165, 1.54) is 14.2 Å². The van der Waals surface area contributed by atoms with Crippen LogP contribution in [-0.2, 0) is 54.7 Å². The Morgan fingerprint density at radius 3 is 1.44 bits per heavy atom. The van der Waals surface area contributed by atoms with Crippen LogP contribution in [0.5, 0.6) is 23.0 Å². The molecule has 3 N–H and O–H groups in total. The lowest BCUT2D eigenvalue weighted by Crippen LogP contribution is -2.53. The van der Waals surface area contributed by atoms with Gasteiger partial charge in [0.2, 0.25) is 25.4 Å². The Morgan fingerprint density at radius 1 is 0.583 bits per heavy atom. The first-order chi connectivity index (χ1) is 40.6. The van der Waals surface area contributed by atoms with Crippen LogP contribution >= 0.6 is 0 Å². The SMILES string of the molecule is COC(=O)N[C@H](C(=O)N1C[C@H](OC(=O)N2Cc3cc4c(cc3C2)OCO4)CC1C1=NC=C(c2ccc(-c3ccc(-c4cnc([C@@H]5C[C@@H](OC(=O)N6Cc7cc8c(cc7C6)OCO8)CN5C(=O)[C@@H](NC(=O)OC)C(C)C)[nH]4)cc3)cc2)C1)C(C)C. The van der Waals surface area contributed by atoms with Gasteiger partial charge in [-0.2, -0.15) is 0 Å². The molecule has 2 fully saturated rings. The maximum atomic E-state index is 14.4. The van der Waals surface area contributed by atoms with Crippen molar-refractivity contribution in [1.29, 1.82) is 0 Å². The third-order valence-electron chi connectivity index (χ3n) is 16.6. The summed E-state index contributed by atoms with van der Waals surface area (Å²) in [5.74, 6) is 1.82. The zero-order valence-corrected chi connectivity index (χ0v) is 47.4. The summed E-state index contributed by atoms with van der Waals surface area (Å²) < 4.78 is 44.2. The van der Waals surface area contributed by atoms with E-state index in [9.17, 15) is 28.8 Å². The van der Waals surface area contributed by atoms with Crippen molar-refractivity contribution in [1.82, 2.24) is 40.2 Å². The number of carbonyl (C=O) groups is 6. The number of aliphatic imine (C=N–C) groups is 1. The van der Waals surface area contributed by atoms with Crippen molar-refractivity contribution in [3.8, 4) is 45.4 Å². The van der Waals surface area contributed by atoms with E-state index < -0.39 is 60.7 Å². The average molecular weight is 1150 g/mol. The molecule has 6 amide bonds. The zero-order chi connectivity index (χ0) is 58.5. The summed E-state index contributed by atoms with van der Waals surface area (Å²) in [7, 11) is 2.49. The highest BCUT2D eigenvalue weighted by Crippen LogP contribution is 2.42. The van der Waals surface area contributed by atoms with Gasteiger partial charge in [-0.05, 0) is 86.2 Å². The number of hydrogen-bond acceptors (Lipinski definition) is 16. The van der Waals surface area contributed by atoms with Gasteiger partial charge in [-0.3, -0.25) is 24.4 Å². The Labute approximate surface area is 484 Å². The van der Waals surface area contributed by atoms with Crippen molar-refractivity contribution in [3.05, 3.63) is 119 Å². The number of carbonyl (C=O) groups excluding carboxylic acids is 6. The third-order valence-corrected chi connectivity index (χ3v) is 16.6. The molecule has 4 aromatic carbocycles. The van der Waals surface area contributed by atoms with E-state index in [2.05, 4.69) is 15.6 Å². The molecule has 6 atom stereocenters. The third kappa shape index (κ3) is 11.0. The van der Waals surface area contributed by atoms with Gasteiger partial charge in [-0.1, -0.05) is 76.2 Å². The van der Waals surface area contributed by atoms with Crippen molar-refractivity contribution >= 4 is 47.5 Å². The number of H-pyrrole nitrogens is 1. The highest BCUT2D eigenvalue weighted by atomic mass is 16.7. The van der Waals surface area contributed by atoms with Crippen molar-refractivity contribution in [2.24, 2.45) is 16.8 Å². The Kier molecular flexibility index (Phi) is 15.0. The predicted octanol–water partition coefficient (Wildman–Crippen LogP) is 8.06. The van der Waals surface area contributed by atoms with Crippen LogP contribution in [0.3, 0.4) is 0 Å². The second kappa shape index (κ2) is 22.8. The minimum atomic E-state index is -0.921. The van der Waals surface area contributed by atoms with Crippen LogP contribution < -0.4 is 29.6 Å². The number of aromatic amines is 1. The van der Waals surface area contributed by atoms with Crippen molar-refractivity contribution in [2.75, 3.05) is 40.9 Å². The number of fused-ring (bicyclic) bond motifs is 4. The van der Waals surface area contributed by atoms with E-state index in [0.29, 0.717) is 73.5 Å². The summed E-state index contributed by atoms with van der Waals surface area (Å²) in [6.07, 6.45) is 0.781. The molecule has 438 valence electrons. The fourth-order valence-corrected chi connectivity index (χ4v) is 12.1. The van der Waals surface area contributed by atoms with Gasteiger partial charge in [-0.25, -0.2) is 24.2 Å². The monoisotopic (exact) mass is 1150 g/mol. The van der Waals surface area contributed by atoms with Gasteiger partial charge in [0, 0.05) is 57.4 Å². The molecular weight excluding hydrogens is 1080 g/mol. The first-order valence-corrected chi connectivity index (χ1v) is 28.1. The van der Waals surface area contributed by atoms with Gasteiger partial charge in [0.15, 0.2) is 23.0 Å². The first kappa shape index (κ1) is 55.3. The average Bonchev–Trinajstić information content (AvgIpc) is 3.05. The number of hydrogen-bond donors (Lipinski definition) is 3. The standard InChI is InChI=1S/C61H65N9O14/c1-32(2)53(65-58(73)77-5)56(71)69-28-43(83-60(75)67-24-39-16-49-50(80-30-79-49)17-40(39)25-67)20-47(69)45-15-38(22-62-45)36-9-7-34(8-10-36)35-11-13-37(14-12-35)46-23-63-55(64-46)48-21-44(29-70(48)57(72)54(33(3)4)66-59(74)78-6)84-61(76)68-26-41-18-51-52(82-31-81-51)19-42(41)27-68/h7-14,16-19,22-23,32-33,43-44,47-48,53-54H,15,20-21,24-31H2,1-6H3,(H,63,64)(H,65,73)(H,66,74)/t43-,44-,47?,48+,53+,54+/m1/s1. The number of alkyl carbamates (subject to hydrolysis) is 2. The van der Waals surface area contributed by atoms with Crippen LogP contribution in [0.4, 0.5) is 19.2 Å². The molecule has 0 aliphatic carbocycles. The van der Waals surface area contributed by atoms with E-state index in [4.69, 9.17) is 47.9 Å². The molecule has 23 nitrogen and oxygen atoms in total. The summed E-state index contributed by atoms with van der Waals surface area (Å²) in [5.41, 5.74) is 9.95. The van der Waals surface area contributed by atoms with E-state index in [1.807, 2.05) is 107 Å². The van der Waals surface area contributed by atoms with Gasteiger partial charge >= 0.3 is 24.4 Å². The number of methoxy groups -OCH3 is 2. The summed E-state index contributed by atoms with van der Waals surface area (Å²) in [4.78, 5) is 101. The van der Waals surface area contributed by atoms with Crippen LogP contribution in [0.2, 0.25) is 0 Å². The highest BCUT2D eigenvalue weighted by Gasteiger charge is 2.46. The Bertz CT molecular complexity index is 3420. The number of nitrogens with zero attached hydrogens (tertiary/aromatic N) is 6. The lowest BCUT2D eigenvalue weighted by atomic mass is 9.95. The molecule has 7 aliphatic rings. The van der Waals surface area contributed by atoms with Gasteiger partial charge in [0.25, 0.3) is 0 Å². The molecule has 1 unspecified atom stereocenters. The quantitative estimate of drug-likeness (QED) is 0.0943. The fourth-order valence-electron chi connectivity index (χ4n) is 12.1. The topological polar surface area (TPSA) is 254 Å². The number of allylic oxidation sites excluding steroid dienone is 1. The Balaban J connectivity index is 0.702. The molecule has 2 saturated heterocycles. The van der Waals surface area contributed by atoms with Gasteiger partial charge < -0.3 is 63.3 Å². The molecule has 1 aromatic heterocycles. The predicted molar refractivity (Wildman–Crippen MR) is 301 cm³/mol. The molecule has 7 aliphatic heterocycles. The maximum absolute atomic E-state index is 14.4. The van der Waals surface area contributed by atoms with Gasteiger partial charge in [0.05, 0.1) is 51.3 Å². The molecule has 0 spiro atoms. The normalized spacial score (nSPS) is 20.6. The number of ether oxygens (including phenoxy) is 8. The molecule has 5 aromatic rings. The summed E-state index contributed by atoms with van der Waals surface area (Å²) in [6, 6.07) is 20.8. The van der Waals surface area contributed by atoms with E-state index >= 15 is 0 Å². The van der Waals surface area contributed by atoms with Crippen molar-refractivity contribution in [2.45, 2.75) is 110 Å². The largest absolute Gasteiger partial charge is 0.454 e. The molecule has 12 rings (SSSR count). The minimum absolute atomic E-state index is 0.0775. The number of rotatable bonds is 13.